The van der Waals surface area contributed by atoms with Gasteiger partial charge in [0.05, 0.1) is 7.11 Å². The van der Waals surface area contributed by atoms with Crippen LogP contribution in [0.3, 0.4) is 0 Å². The van der Waals surface area contributed by atoms with E-state index in [2.05, 4.69) is 4.98 Å². The highest BCUT2D eigenvalue weighted by Gasteiger charge is 2.22. The summed E-state index contributed by atoms with van der Waals surface area (Å²) in [6.07, 6.45) is 3.51. The number of primary amides is 1. The van der Waals surface area contributed by atoms with Gasteiger partial charge in [-0.3, -0.25) is 9.78 Å². The molecule has 0 bridgehead atoms. The predicted molar refractivity (Wildman–Crippen MR) is 80.1 cm³/mol. The molecule has 106 valence electrons. The number of pyridine rings is 1. The number of anilines is 2. The lowest BCUT2D eigenvalue weighted by molar-refractivity contribution is 0.100. The SMILES string of the molecule is COc1c(N(C)Cc2cccnc2)sc(C(N)=O)c1N. The lowest BCUT2D eigenvalue weighted by Gasteiger charge is -2.18. The number of hydrogen-bond donors (Lipinski definition) is 2. The van der Waals surface area contributed by atoms with E-state index in [9.17, 15) is 4.79 Å². The molecule has 2 aromatic heterocycles. The van der Waals surface area contributed by atoms with Crippen LogP contribution in [0.5, 0.6) is 5.75 Å². The molecule has 2 aromatic rings. The van der Waals surface area contributed by atoms with Crippen molar-refractivity contribution in [2.45, 2.75) is 6.54 Å². The van der Waals surface area contributed by atoms with E-state index in [1.807, 2.05) is 24.1 Å². The van der Waals surface area contributed by atoms with Gasteiger partial charge in [-0.2, -0.15) is 0 Å². The van der Waals surface area contributed by atoms with Gasteiger partial charge in [-0.05, 0) is 11.6 Å². The minimum absolute atomic E-state index is 0.290. The molecule has 0 saturated carbocycles. The van der Waals surface area contributed by atoms with Gasteiger partial charge < -0.3 is 21.1 Å². The second-order valence-electron chi connectivity index (χ2n) is 4.26. The molecule has 0 saturated heterocycles. The van der Waals surface area contributed by atoms with Crippen LogP contribution in [0.25, 0.3) is 0 Å². The van der Waals surface area contributed by atoms with E-state index in [0.29, 0.717) is 17.2 Å². The number of hydrogen-bond acceptors (Lipinski definition) is 6. The summed E-state index contributed by atoms with van der Waals surface area (Å²) in [5, 5.41) is 0.766. The van der Waals surface area contributed by atoms with E-state index in [-0.39, 0.29) is 5.69 Å². The molecule has 7 heteroatoms. The van der Waals surface area contributed by atoms with Crippen molar-refractivity contribution in [2.24, 2.45) is 5.73 Å². The summed E-state index contributed by atoms with van der Waals surface area (Å²) in [7, 11) is 3.41. The van der Waals surface area contributed by atoms with Crippen molar-refractivity contribution in [2.75, 3.05) is 24.8 Å². The van der Waals surface area contributed by atoms with Crippen molar-refractivity contribution >= 4 is 27.9 Å². The van der Waals surface area contributed by atoms with Crippen LogP contribution in [-0.2, 0) is 6.54 Å². The first-order valence-electron chi connectivity index (χ1n) is 5.90. The maximum absolute atomic E-state index is 11.4. The second-order valence-corrected chi connectivity index (χ2v) is 5.26. The molecule has 0 unspecified atom stereocenters. The van der Waals surface area contributed by atoms with E-state index in [1.165, 1.54) is 18.4 Å². The highest BCUT2D eigenvalue weighted by atomic mass is 32.1. The minimum atomic E-state index is -0.549. The number of carbonyl (C=O) groups is 1. The molecule has 0 aromatic carbocycles. The lowest BCUT2D eigenvalue weighted by Crippen LogP contribution is -2.16. The number of rotatable bonds is 5. The fourth-order valence-corrected chi connectivity index (χ4v) is 2.89. The molecule has 0 atom stereocenters. The van der Waals surface area contributed by atoms with Gasteiger partial charge in [-0.25, -0.2) is 0 Å². The lowest BCUT2D eigenvalue weighted by atomic mass is 10.2. The molecule has 0 aliphatic rings. The Balaban J connectivity index is 2.32. The van der Waals surface area contributed by atoms with Crippen LogP contribution in [0, 0.1) is 0 Å². The van der Waals surface area contributed by atoms with E-state index < -0.39 is 5.91 Å². The number of methoxy groups -OCH3 is 1. The standard InChI is InChI=1S/C13H16N4O2S/c1-17(7-8-4-3-5-16-6-8)13-10(19-2)9(14)11(20-13)12(15)18/h3-6H,7,14H2,1-2H3,(H2,15,18). The monoisotopic (exact) mass is 292 g/mol. The number of thiophene rings is 1. The van der Waals surface area contributed by atoms with E-state index in [0.717, 1.165) is 10.6 Å². The van der Waals surface area contributed by atoms with Crippen LogP contribution < -0.4 is 21.1 Å². The average Bonchev–Trinajstić information content (AvgIpc) is 2.77. The molecular formula is C13H16N4O2S. The second kappa shape index (κ2) is 5.79. The zero-order valence-electron chi connectivity index (χ0n) is 11.3. The summed E-state index contributed by atoms with van der Waals surface area (Å²) in [6, 6.07) is 3.85. The Kier molecular flexibility index (Phi) is 4.09. The molecule has 20 heavy (non-hydrogen) atoms. The van der Waals surface area contributed by atoms with E-state index in [1.54, 1.807) is 12.4 Å². The summed E-state index contributed by atoms with van der Waals surface area (Å²) < 4.78 is 5.29. The molecule has 0 spiro atoms. The highest BCUT2D eigenvalue weighted by molar-refractivity contribution is 7.19. The molecule has 2 heterocycles. The topological polar surface area (TPSA) is 94.5 Å². The van der Waals surface area contributed by atoms with Gasteiger partial charge in [0, 0.05) is 26.0 Å². The number of aromatic nitrogens is 1. The van der Waals surface area contributed by atoms with Crippen LogP contribution in [-0.4, -0.2) is 25.0 Å². The first-order valence-corrected chi connectivity index (χ1v) is 6.72. The maximum atomic E-state index is 11.4. The Morgan fingerprint density at radius 3 is 2.85 bits per heavy atom. The number of nitrogens with zero attached hydrogens (tertiary/aromatic N) is 2. The first kappa shape index (κ1) is 14.1. The molecular weight excluding hydrogens is 276 g/mol. The van der Waals surface area contributed by atoms with Gasteiger partial charge in [0.15, 0.2) is 5.75 Å². The maximum Gasteiger partial charge on any atom is 0.261 e. The van der Waals surface area contributed by atoms with Gasteiger partial charge in [-0.15, -0.1) is 11.3 Å². The Labute approximate surface area is 121 Å². The normalized spacial score (nSPS) is 10.3. The Morgan fingerprint density at radius 2 is 2.30 bits per heavy atom. The van der Waals surface area contributed by atoms with Crippen molar-refractivity contribution in [3.8, 4) is 5.75 Å². The zero-order chi connectivity index (χ0) is 14.7. The van der Waals surface area contributed by atoms with Crippen LogP contribution >= 0.6 is 11.3 Å². The zero-order valence-corrected chi connectivity index (χ0v) is 12.1. The number of nitrogens with two attached hydrogens (primary N) is 2. The third-order valence-corrected chi connectivity index (χ3v) is 4.12. The summed E-state index contributed by atoms with van der Waals surface area (Å²) in [5.74, 6) is -0.0676. The Morgan fingerprint density at radius 1 is 1.55 bits per heavy atom. The van der Waals surface area contributed by atoms with Gasteiger partial charge in [0.1, 0.15) is 15.6 Å². The summed E-state index contributed by atoms with van der Waals surface area (Å²) in [4.78, 5) is 17.7. The molecule has 4 N–H and O–H groups in total. The van der Waals surface area contributed by atoms with E-state index >= 15 is 0 Å². The van der Waals surface area contributed by atoms with Gasteiger partial charge in [0.2, 0.25) is 0 Å². The number of ether oxygens (including phenoxy) is 1. The van der Waals surface area contributed by atoms with Gasteiger partial charge in [0.25, 0.3) is 5.91 Å². The predicted octanol–water partition coefficient (Wildman–Crippen LogP) is 1.47. The summed E-state index contributed by atoms with van der Waals surface area (Å²) >= 11 is 1.23. The van der Waals surface area contributed by atoms with Gasteiger partial charge >= 0.3 is 0 Å². The third kappa shape index (κ3) is 2.67. The molecule has 0 aliphatic heterocycles. The highest BCUT2D eigenvalue weighted by Crippen LogP contribution is 2.44. The average molecular weight is 292 g/mol. The fourth-order valence-electron chi connectivity index (χ4n) is 1.89. The first-order chi connectivity index (χ1) is 9.54. The van der Waals surface area contributed by atoms with Crippen molar-refractivity contribution < 1.29 is 9.53 Å². The third-order valence-electron chi connectivity index (χ3n) is 2.80. The van der Waals surface area contributed by atoms with Crippen molar-refractivity contribution in [1.82, 2.24) is 4.98 Å². The number of nitrogen functional groups attached to an aromatic ring is 1. The molecule has 0 fully saturated rings. The molecule has 6 nitrogen and oxygen atoms in total. The largest absolute Gasteiger partial charge is 0.492 e. The molecule has 1 amide bonds. The minimum Gasteiger partial charge on any atom is -0.492 e. The van der Waals surface area contributed by atoms with Crippen LogP contribution in [0.2, 0.25) is 0 Å². The van der Waals surface area contributed by atoms with Crippen LogP contribution in [0.15, 0.2) is 24.5 Å². The molecule has 0 radical (unpaired) electrons. The summed E-state index contributed by atoms with van der Waals surface area (Å²) in [5.41, 5.74) is 12.5. The Hall–Kier alpha value is -2.28. The van der Waals surface area contributed by atoms with Crippen molar-refractivity contribution in [3.63, 3.8) is 0 Å². The number of carbonyl (C=O) groups excluding carboxylic acids is 1. The van der Waals surface area contributed by atoms with Crippen molar-refractivity contribution in [3.05, 3.63) is 35.0 Å². The molecule has 0 aliphatic carbocycles. The van der Waals surface area contributed by atoms with Crippen LogP contribution in [0.1, 0.15) is 15.2 Å². The summed E-state index contributed by atoms with van der Waals surface area (Å²) in [6.45, 7) is 0.627. The Bertz CT molecular complexity index is 612. The van der Waals surface area contributed by atoms with Gasteiger partial charge in [-0.1, -0.05) is 6.07 Å². The fraction of sp³-hybridized carbons (Fsp3) is 0.231. The van der Waals surface area contributed by atoms with Crippen molar-refractivity contribution in [1.29, 1.82) is 0 Å². The van der Waals surface area contributed by atoms with E-state index in [4.69, 9.17) is 16.2 Å². The smallest absolute Gasteiger partial charge is 0.261 e. The number of amides is 1. The van der Waals surface area contributed by atoms with Crippen LogP contribution in [0.4, 0.5) is 10.7 Å². The quantitative estimate of drug-likeness (QED) is 0.870. The molecule has 2 rings (SSSR count).